The van der Waals surface area contributed by atoms with Gasteiger partial charge in [-0.1, -0.05) is 6.92 Å². The average Bonchev–Trinajstić information content (AvgIpc) is 2.71. The van der Waals surface area contributed by atoms with E-state index in [-0.39, 0.29) is 12.0 Å². The maximum Gasteiger partial charge on any atom is 0.350 e. The minimum atomic E-state index is -0.370. The molecule has 6 heteroatoms. The van der Waals surface area contributed by atoms with Gasteiger partial charge in [-0.2, -0.15) is 0 Å². The predicted octanol–water partition coefficient (Wildman–Crippen LogP) is 1.36. The maximum absolute atomic E-state index is 11.5. The molecular formula is C11H18N2O3S. The fourth-order valence-corrected chi connectivity index (χ4v) is 2.42. The molecule has 0 aliphatic rings. The number of rotatable bonds is 6. The normalized spacial score (nSPS) is 12.5. The summed E-state index contributed by atoms with van der Waals surface area (Å²) in [6, 6.07) is 0.0713. The van der Waals surface area contributed by atoms with Crippen LogP contribution in [0.1, 0.15) is 33.7 Å². The van der Waals surface area contributed by atoms with E-state index in [1.165, 1.54) is 18.4 Å². The number of aromatic nitrogens is 1. The van der Waals surface area contributed by atoms with Crippen LogP contribution in [0.2, 0.25) is 0 Å². The third-order valence-corrected chi connectivity index (χ3v) is 3.45. The van der Waals surface area contributed by atoms with E-state index in [0.717, 1.165) is 11.4 Å². The summed E-state index contributed by atoms with van der Waals surface area (Å²) in [4.78, 5) is 16.4. The van der Waals surface area contributed by atoms with Gasteiger partial charge in [-0.05, 0) is 6.42 Å². The highest BCUT2D eigenvalue weighted by atomic mass is 32.1. The average molecular weight is 258 g/mol. The minimum Gasteiger partial charge on any atom is -0.465 e. The number of carbonyl (C=O) groups excluding carboxylic acids is 1. The van der Waals surface area contributed by atoms with Gasteiger partial charge >= 0.3 is 5.97 Å². The first-order valence-corrected chi connectivity index (χ1v) is 6.25. The minimum absolute atomic E-state index is 0.0713. The van der Waals surface area contributed by atoms with Crippen molar-refractivity contribution in [2.75, 3.05) is 14.2 Å². The molecule has 0 saturated carbocycles. The molecule has 0 spiro atoms. The van der Waals surface area contributed by atoms with E-state index in [1.807, 2.05) is 6.92 Å². The second-order valence-corrected chi connectivity index (χ2v) is 4.76. The van der Waals surface area contributed by atoms with Crippen LogP contribution in [0.3, 0.4) is 0 Å². The lowest BCUT2D eigenvalue weighted by Crippen LogP contribution is -2.21. The number of hydrogen-bond donors (Lipinski definition) is 1. The summed E-state index contributed by atoms with van der Waals surface area (Å²) in [6.45, 7) is 2.33. The number of methoxy groups -OCH3 is 2. The van der Waals surface area contributed by atoms with Crippen LogP contribution in [0.4, 0.5) is 0 Å². The summed E-state index contributed by atoms with van der Waals surface area (Å²) >= 11 is 1.33. The molecule has 0 saturated heterocycles. The first-order chi connectivity index (χ1) is 8.12. The van der Waals surface area contributed by atoms with E-state index in [4.69, 9.17) is 15.2 Å². The topological polar surface area (TPSA) is 74.4 Å². The quantitative estimate of drug-likeness (QED) is 0.780. The van der Waals surface area contributed by atoms with Crippen molar-refractivity contribution in [3.05, 3.63) is 15.6 Å². The van der Waals surface area contributed by atoms with E-state index in [0.29, 0.717) is 23.6 Å². The molecule has 0 fully saturated rings. The number of esters is 1. The number of thiazole rings is 1. The van der Waals surface area contributed by atoms with Gasteiger partial charge in [0.25, 0.3) is 0 Å². The zero-order valence-electron chi connectivity index (χ0n) is 10.4. The second kappa shape index (κ2) is 6.68. The van der Waals surface area contributed by atoms with Gasteiger partial charge in [0.1, 0.15) is 4.88 Å². The predicted molar refractivity (Wildman–Crippen MR) is 66.1 cm³/mol. The Bertz CT molecular complexity index is 379. The van der Waals surface area contributed by atoms with Gasteiger partial charge in [-0.15, -0.1) is 11.3 Å². The molecular weight excluding hydrogens is 240 g/mol. The van der Waals surface area contributed by atoms with Crippen molar-refractivity contribution >= 4 is 17.3 Å². The Kier molecular flexibility index (Phi) is 5.54. The first kappa shape index (κ1) is 14.1. The van der Waals surface area contributed by atoms with Gasteiger partial charge < -0.3 is 15.2 Å². The van der Waals surface area contributed by atoms with Crippen molar-refractivity contribution in [1.82, 2.24) is 4.98 Å². The van der Waals surface area contributed by atoms with E-state index in [1.54, 1.807) is 7.11 Å². The highest BCUT2D eigenvalue weighted by Gasteiger charge is 2.19. The van der Waals surface area contributed by atoms with Crippen LogP contribution in [0, 0.1) is 0 Å². The van der Waals surface area contributed by atoms with Crippen LogP contribution < -0.4 is 5.73 Å². The largest absolute Gasteiger partial charge is 0.465 e. The number of ether oxygens (including phenoxy) is 2. The zero-order chi connectivity index (χ0) is 12.8. The zero-order valence-corrected chi connectivity index (χ0v) is 11.2. The fraction of sp³-hybridized carbons (Fsp3) is 0.636. The second-order valence-electron chi connectivity index (χ2n) is 3.68. The molecule has 1 unspecified atom stereocenters. The van der Waals surface area contributed by atoms with Gasteiger partial charge in [-0.3, -0.25) is 0 Å². The Morgan fingerprint density at radius 1 is 1.53 bits per heavy atom. The molecule has 0 bridgehead atoms. The van der Waals surface area contributed by atoms with Crippen molar-refractivity contribution in [2.24, 2.45) is 5.73 Å². The van der Waals surface area contributed by atoms with Crippen molar-refractivity contribution < 1.29 is 14.3 Å². The van der Waals surface area contributed by atoms with Gasteiger partial charge in [0.2, 0.25) is 0 Å². The molecule has 5 nitrogen and oxygen atoms in total. The van der Waals surface area contributed by atoms with Crippen LogP contribution in [-0.4, -0.2) is 31.2 Å². The number of carbonyl (C=O) groups is 1. The molecule has 1 aromatic rings. The first-order valence-electron chi connectivity index (χ1n) is 5.43. The van der Waals surface area contributed by atoms with E-state index < -0.39 is 0 Å². The Hall–Kier alpha value is -0.980. The molecule has 0 aliphatic carbocycles. The van der Waals surface area contributed by atoms with Crippen LogP contribution in [0.15, 0.2) is 0 Å². The smallest absolute Gasteiger partial charge is 0.350 e. The summed E-state index contributed by atoms with van der Waals surface area (Å²) in [7, 11) is 2.92. The van der Waals surface area contributed by atoms with E-state index >= 15 is 0 Å². The van der Waals surface area contributed by atoms with Crippen molar-refractivity contribution in [3.8, 4) is 0 Å². The molecule has 2 N–H and O–H groups in total. The van der Waals surface area contributed by atoms with E-state index in [9.17, 15) is 4.79 Å². The molecule has 0 aromatic carbocycles. The lowest BCUT2D eigenvalue weighted by Gasteiger charge is -2.04. The lowest BCUT2D eigenvalue weighted by molar-refractivity contribution is 0.0601. The SMILES string of the molecule is CCC(N)Cc1nc(COC)c(C(=O)OC)s1. The number of nitrogens with two attached hydrogens (primary N) is 1. The van der Waals surface area contributed by atoms with Crippen molar-refractivity contribution in [3.63, 3.8) is 0 Å². The summed E-state index contributed by atoms with van der Waals surface area (Å²) in [5, 5.41) is 0.854. The maximum atomic E-state index is 11.5. The van der Waals surface area contributed by atoms with Gasteiger partial charge in [0.05, 0.1) is 24.4 Å². The standard InChI is InChI=1S/C11H18N2O3S/c1-4-7(12)5-9-13-8(6-15-2)10(17-9)11(14)16-3/h7H,4-6,12H2,1-3H3. The van der Waals surface area contributed by atoms with Crippen LogP contribution in [-0.2, 0) is 22.5 Å². The molecule has 17 heavy (non-hydrogen) atoms. The lowest BCUT2D eigenvalue weighted by atomic mass is 10.2. The Balaban J connectivity index is 2.91. The van der Waals surface area contributed by atoms with E-state index in [2.05, 4.69) is 4.98 Å². The molecule has 1 aromatic heterocycles. The van der Waals surface area contributed by atoms with Crippen LogP contribution in [0.25, 0.3) is 0 Å². The Morgan fingerprint density at radius 3 is 2.76 bits per heavy atom. The molecule has 1 atom stereocenters. The molecule has 0 aliphatic heterocycles. The molecule has 96 valence electrons. The summed E-state index contributed by atoms with van der Waals surface area (Å²) < 4.78 is 9.73. The molecule has 1 rings (SSSR count). The number of hydrogen-bond acceptors (Lipinski definition) is 6. The monoisotopic (exact) mass is 258 g/mol. The highest BCUT2D eigenvalue weighted by Crippen LogP contribution is 2.21. The van der Waals surface area contributed by atoms with Crippen molar-refractivity contribution in [2.45, 2.75) is 32.4 Å². The Labute approximate surface area is 105 Å². The van der Waals surface area contributed by atoms with Crippen LogP contribution in [0.5, 0.6) is 0 Å². The molecule has 1 heterocycles. The molecule has 0 amide bonds. The third kappa shape index (κ3) is 3.76. The fourth-order valence-electron chi connectivity index (χ4n) is 1.34. The third-order valence-electron chi connectivity index (χ3n) is 2.35. The summed E-state index contributed by atoms with van der Waals surface area (Å²) in [5.74, 6) is -0.370. The number of nitrogens with zero attached hydrogens (tertiary/aromatic N) is 1. The Morgan fingerprint density at radius 2 is 2.24 bits per heavy atom. The van der Waals surface area contributed by atoms with Gasteiger partial charge in [-0.25, -0.2) is 9.78 Å². The summed E-state index contributed by atoms with van der Waals surface area (Å²) in [6.07, 6.45) is 1.56. The van der Waals surface area contributed by atoms with Gasteiger partial charge in [0.15, 0.2) is 0 Å². The van der Waals surface area contributed by atoms with Crippen LogP contribution >= 0.6 is 11.3 Å². The van der Waals surface area contributed by atoms with Crippen molar-refractivity contribution in [1.29, 1.82) is 0 Å². The highest BCUT2D eigenvalue weighted by molar-refractivity contribution is 7.13. The summed E-state index contributed by atoms with van der Waals surface area (Å²) in [5.41, 5.74) is 6.49. The molecule has 0 radical (unpaired) electrons. The van der Waals surface area contributed by atoms with Gasteiger partial charge in [0, 0.05) is 19.6 Å².